The molecule has 0 N–H and O–H groups in total. The maximum Gasteiger partial charge on any atom is 0.255 e. The standard InChI is InChI=1S/C20H23N3O3/c1-14-5-6-15(12-22-14)20(24)23-10-11-25-19-17(23)7-8-18(19)26-13-16-4-2-3-9-21-16/h2-6,9,12,17-19H,7-8,10-11,13H2,1H3/t17-,18+,19+/m0/s1. The summed E-state index contributed by atoms with van der Waals surface area (Å²) in [6.07, 6.45) is 5.12. The van der Waals surface area contributed by atoms with Gasteiger partial charge in [-0.05, 0) is 44.0 Å². The number of carbonyl (C=O) groups excluding carboxylic acids is 1. The van der Waals surface area contributed by atoms with Crippen molar-refractivity contribution in [3.05, 3.63) is 59.7 Å². The van der Waals surface area contributed by atoms with Crippen molar-refractivity contribution in [2.45, 2.75) is 44.6 Å². The van der Waals surface area contributed by atoms with E-state index in [9.17, 15) is 4.79 Å². The van der Waals surface area contributed by atoms with Gasteiger partial charge < -0.3 is 14.4 Å². The van der Waals surface area contributed by atoms with Crippen molar-refractivity contribution in [3.8, 4) is 0 Å². The Kier molecular flexibility index (Phi) is 4.95. The molecule has 2 aromatic heterocycles. The van der Waals surface area contributed by atoms with Gasteiger partial charge in [0.1, 0.15) is 6.10 Å². The first-order valence-corrected chi connectivity index (χ1v) is 9.09. The summed E-state index contributed by atoms with van der Waals surface area (Å²) >= 11 is 0. The van der Waals surface area contributed by atoms with Crippen molar-refractivity contribution < 1.29 is 14.3 Å². The van der Waals surface area contributed by atoms with Crippen LogP contribution in [0.25, 0.3) is 0 Å². The van der Waals surface area contributed by atoms with Crippen LogP contribution < -0.4 is 0 Å². The second-order valence-corrected chi connectivity index (χ2v) is 6.84. The lowest BCUT2D eigenvalue weighted by molar-refractivity contribution is -0.109. The molecule has 2 fully saturated rings. The minimum absolute atomic E-state index is 0.00579. The fourth-order valence-electron chi connectivity index (χ4n) is 3.78. The third kappa shape index (κ3) is 3.48. The van der Waals surface area contributed by atoms with E-state index >= 15 is 0 Å². The smallest absolute Gasteiger partial charge is 0.255 e. The molecule has 26 heavy (non-hydrogen) atoms. The highest BCUT2D eigenvalue weighted by atomic mass is 16.5. The molecule has 0 unspecified atom stereocenters. The summed E-state index contributed by atoms with van der Waals surface area (Å²) in [5.74, 6) is 0.0289. The van der Waals surface area contributed by atoms with Gasteiger partial charge in [0.15, 0.2) is 0 Å². The third-order valence-corrected chi connectivity index (χ3v) is 5.13. The van der Waals surface area contributed by atoms with Gasteiger partial charge in [-0.3, -0.25) is 14.8 Å². The van der Waals surface area contributed by atoms with Crippen LogP contribution in [-0.2, 0) is 16.1 Å². The van der Waals surface area contributed by atoms with E-state index in [1.54, 1.807) is 12.4 Å². The SMILES string of the molecule is Cc1ccc(C(=O)N2CCO[C@H]3[C@H](OCc4ccccn4)CC[C@@H]32)cn1. The largest absolute Gasteiger partial charge is 0.372 e. The van der Waals surface area contributed by atoms with Crippen molar-refractivity contribution >= 4 is 5.91 Å². The molecule has 3 atom stereocenters. The van der Waals surface area contributed by atoms with E-state index in [0.29, 0.717) is 25.3 Å². The lowest BCUT2D eigenvalue weighted by atomic mass is 10.1. The number of hydrogen-bond acceptors (Lipinski definition) is 5. The van der Waals surface area contributed by atoms with E-state index in [4.69, 9.17) is 9.47 Å². The van der Waals surface area contributed by atoms with Crippen LogP contribution >= 0.6 is 0 Å². The van der Waals surface area contributed by atoms with Crippen molar-refractivity contribution in [2.24, 2.45) is 0 Å². The van der Waals surface area contributed by atoms with E-state index in [2.05, 4.69) is 9.97 Å². The molecular formula is C20H23N3O3. The summed E-state index contributed by atoms with van der Waals surface area (Å²) in [6.45, 7) is 3.53. The highest BCUT2D eigenvalue weighted by Gasteiger charge is 2.45. The maximum atomic E-state index is 12.9. The molecule has 1 saturated heterocycles. The number of nitrogens with zero attached hydrogens (tertiary/aromatic N) is 3. The predicted octanol–water partition coefficient (Wildman–Crippen LogP) is 2.37. The van der Waals surface area contributed by atoms with Gasteiger partial charge in [0.2, 0.25) is 0 Å². The Bertz CT molecular complexity index is 751. The van der Waals surface area contributed by atoms with Gasteiger partial charge in [-0.1, -0.05) is 6.07 Å². The van der Waals surface area contributed by atoms with Gasteiger partial charge in [0.25, 0.3) is 5.91 Å². The third-order valence-electron chi connectivity index (χ3n) is 5.13. The summed E-state index contributed by atoms with van der Waals surface area (Å²) in [6, 6.07) is 9.58. The minimum atomic E-state index is -0.0742. The van der Waals surface area contributed by atoms with Crippen LogP contribution in [0.3, 0.4) is 0 Å². The van der Waals surface area contributed by atoms with E-state index < -0.39 is 0 Å². The Hall–Kier alpha value is -2.31. The lowest BCUT2D eigenvalue weighted by Crippen LogP contribution is -2.53. The number of aromatic nitrogens is 2. The molecule has 3 heterocycles. The number of ether oxygens (including phenoxy) is 2. The van der Waals surface area contributed by atoms with Crippen LogP contribution in [-0.4, -0.2) is 52.2 Å². The highest BCUT2D eigenvalue weighted by Crippen LogP contribution is 2.33. The first-order valence-electron chi connectivity index (χ1n) is 9.09. The Morgan fingerprint density at radius 2 is 2.19 bits per heavy atom. The number of pyridine rings is 2. The maximum absolute atomic E-state index is 12.9. The molecule has 4 rings (SSSR count). The van der Waals surface area contributed by atoms with E-state index in [1.165, 1.54) is 0 Å². The second kappa shape index (κ2) is 7.51. The number of morpholine rings is 1. The molecule has 1 saturated carbocycles. The Labute approximate surface area is 153 Å². The van der Waals surface area contributed by atoms with Gasteiger partial charge in [0, 0.05) is 24.6 Å². The van der Waals surface area contributed by atoms with Crippen molar-refractivity contribution in [1.82, 2.24) is 14.9 Å². The molecule has 6 nitrogen and oxygen atoms in total. The molecule has 1 aliphatic carbocycles. The predicted molar refractivity (Wildman–Crippen MR) is 95.6 cm³/mol. The van der Waals surface area contributed by atoms with Crippen LogP contribution in [0.4, 0.5) is 0 Å². The Balaban J connectivity index is 1.42. The topological polar surface area (TPSA) is 64.6 Å². The van der Waals surface area contributed by atoms with Gasteiger partial charge >= 0.3 is 0 Å². The van der Waals surface area contributed by atoms with Gasteiger partial charge in [-0.25, -0.2) is 0 Å². The molecule has 1 aliphatic heterocycles. The monoisotopic (exact) mass is 353 g/mol. The molecule has 2 aliphatic rings. The normalized spacial score (nSPS) is 25.1. The highest BCUT2D eigenvalue weighted by molar-refractivity contribution is 5.94. The summed E-state index contributed by atoms with van der Waals surface area (Å²) in [7, 11) is 0. The second-order valence-electron chi connectivity index (χ2n) is 6.84. The van der Waals surface area contributed by atoms with Gasteiger partial charge in [0.05, 0.1) is 36.6 Å². The minimum Gasteiger partial charge on any atom is -0.372 e. The number of fused-ring (bicyclic) bond motifs is 1. The molecule has 0 spiro atoms. The average molecular weight is 353 g/mol. The molecule has 136 valence electrons. The van der Waals surface area contributed by atoms with Gasteiger partial charge in [-0.2, -0.15) is 0 Å². The van der Waals surface area contributed by atoms with Gasteiger partial charge in [-0.15, -0.1) is 0 Å². The number of aryl methyl sites for hydroxylation is 1. The van der Waals surface area contributed by atoms with E-state index in [0.717, 1.165) is 24.2 Å². The molecule has 0 bridgehead atoms. The molecular weight excluding hydrogens is 330 g/mol. The van der Waals surface area contributed by atoms with Crippen LogP contribution in [0.1, 0.15) is 34.6 Å². The molecule has 2 aromatic rings. The van der Waals surface area contributed by atoms with Crippen LogP contribution in [0.5, 0.6) is 0 Å². The molecule has 0 aromatic carbocycles. The van der Waals surface area contributed by atoms with Crippen molar-refractivity contribution in [3.63, 3.8) is 0 Å². The summed E-state index contributed by atoms with van der Waals surface area (Å²) in [5.41, 5.74) is 2.45. The van der Waals surface area contributed by atoms with E-state index in [-0.39, 0.29) is 24.2 Å². The number of rotatable bonds is 4. The summed E-state index contributed by atoms with van der Waals surface area (Å²) < 4.78 is 12.1. The zero-order valence-corrected chi connectivity index (χ0v) is 14.9. The van der Waals surface area contributed by atoms with E-state index in [1.807, 2.05) is 42.2 Å². The zero-order valence-electron chi connectivity index (χ0n) is 14.9. The molecule has 1 amide bonds. The molecule has 0 radical (unpaired) electrons. The summed E-state index contributed by atoms with van der Waals surface area (Å²) in [5, 5.41) is 0. The van der Waals surface area contributed by atoms with Crippen molar-refractivity contribution in [1.29, 1.82) is 0 Å². The fourth-order valence-corrected chi connectivity index (χ4v) is 3.78. The summed E-state index contributed by atoms with van der Waals surface area (Å²) in [4.78, 5) is 23.4. The first-order chi connectivity index (χ1) is 12.7. The number of hydrogen-bond donors (Lipinski definition) is 0. The Morgan fingerprint density at radius 3 is 2.96 bits per heavy atom. The zero-order chi connectivity index (χ0) is 17.9. The van der Waals surface area contributed by atoms with Crippen LogP contribution in [0.15, 0.2) is 42.7 Å². The van der Waals surface area contributed by atoms with Crippen LogP contribution in [0, 0.1) is 6.92 Å². The number of carbonyl (C=O) groups is 1. The van der Waals surface area contributed by atoms with Crippen LogP contribution in [0.2, 0.25) is 0 Å². The lowest BCUT2D eigenvalue weighted by Gasteiger charge is -2.39. The average Bonchev–Trinajstić information content (AvgIpc) is 3.10. The first kappa shape index (κ1) is 17.1. The van der Waals surface area contributed by atoms with Crippen molar-refractivity contribution in [2.75, 3.05) is 13.2 Å². The quantitative estimate of drug-likeness (QED) is 0.844. The molecule has 6 heteroatoms. The Morgan fingerprint density at radius 1 is 1.27 bits per heavy atom. The fraction of sp³-hybridized carbons (Fsp3) is 0.450. The number of amides is 1.